The first-order valence-electron chi connectivity index (χ1n) is 4.98. The van der Waals surface area contributed by atoms with Crippen molar-refractivity contribution in [1.29, 1.82) is 0 Å². The normalized spacial score (nSPS) is 12.7. The molecule has 2 rings (SSSR count). The Kier molecular flexibility index (Phi) is 2.88. The quantitative estimate of drug-likeness (QED) is 0.752. The molecule has 0 aliphatic heterocycles. The number of benzene rings is 1. The van der Waals surface area contributed by atoms with E-state index in [-0.39, 0.29) is 12.0 Å². The van der Waals surface area contributed by atoms with E-state index in [1.807, 2.05) is 35.0 Å². The number of esters is 1. The molecule has 4 heteroatoms. The van der Waals surface area contributed by atoms with E-state index < -0.39 is 0 Å². The molecule has 0 spiro atoms. The zero-order valence-electron chi connectivity index (χ0n) is 9.11. The molecular weight excluding hydrogens is 226 g/mol. The van der Waals surface area contributed by atoms with Gasteiger partial charge in [0, 0.05) is 11.6 Å². The van der Waals surface area contributed by atoms with Crippen molar-refractivity contribution in [2.24, 2.45) is 0 Å². The van der Waals surface area contributed by atoms with Crippen molar-refractivity contribution in [3.8, 4) is 0 Å². The van der Waals surface area contributed by atoms with Crippen molar-refractivity contribution in [3.05, 3.63) is 35.5 Å². The highest BCUT2D eigenvalue weighted by molar-refractivity contribution is 6.35. The molecule has 0 aliphatic rings. The smallest absolute Gasteiger partial charge is 0.328 e. The van der Waals surface area contributed by atoms with Gasteiger partial charge >= 0.3 is 5.97 Å². The number of aromatic nitrogens is 1. The van der Waals surface area contributed by atoms with Crippen molar-refractivity contribution in [2.75, 3.05) is 7.11 Å². The fraction of sp³-hybridized carbons (Fsp3) is 0.250. The van der Waals surface area contributed by atoms with Crippen molar-refractivity contribution < 1.29 is 9.53 Å². The van der Waals surface area contributed by atoms with Gasteiger partial charge in [-0.15, -0.1) is 0 Å². The van der Waals surface area contributed by atoms with Crippen LogP contribution in [-0.2, 0) is 9.53 Å². The molecular formula is C12H12ClNO2. The molecule has 0 bridgehead atoms. The Morgan fingerprint density at radius 3 is 2.88 bits per heavy atom. The minimum atomic E-state index is -0.373. The predicted molar refractivity (Wildman–Crippen MR) is 63.7 cm³/mol. The third-order valence-electron chi connectivity index (χ3n) is 2.65. The number of carbonyl (C=O) groups is 1. The average Bonchev–Trinajstić information content (AvgIpc) is 2.72. The largest absolute Gasteiger partial charge is 0.467 e. The second-order valence-electron chi connectivity index (χ2n) is 3.60. The van der Waals surface area contributed by atoms with E-state index >= 15 is 0 Å². The lowest BCUT2D eigenvalue weighted by atomic mass is 10.2. The van der Waals surface area contributed by atoms with Crippen LogP contribution in [0.15, 0.2) is 30.5 Å². The first-order valence-corrected chi connectivity index (χ1v) is 5.36. The van der Waals surface area contributed by atoms with Gasteiger partial charge in [0.15, 0.2) is 0 Å². The Bertz CT molecular complexity index is 533. The summed E-state index contributed by atoms with van der Waals surface area (Å²) in [4.78, 5) is 11.5. The summed E-state index contributed by atoms with van der Waals surface area (Å²) in [6.45, 7) is 1.79. The summed E-state index contributed by atoms with van der Waals surface area (Å²) in [6, 6.07) is 7.22. The van der Waals surface area contributed by atoms with Crippen molar-refractivity contribution in [2.45, 2.75) is 13.0 Å². The topological polar surface area (TPSA) is 31.2 Å². The summed E-state index contributed by atoms with van der Waals surface area (Å²) in [5, 5.41) is 1.65. The average molecular weight is 238 g/mol. The molecule has 2 aromatic rings. The number of ether oxygens (including phenoxy) is 1. The number of nitrogens with zero attached hydrogens (tertiary/aromatic N) is 1. The van der Waals surface area contributed by atoms with Crippen LogP contribution in [0.5, 0.6) is 0 Å². The molecule has 1 heterocycles. The van der Waals surface area contributed by atoms with Gasteiger partial charge in [-0.2, -0.15) is 0 Å². The Morgan fingerprint density at radius 2 is 2.19 bits per heavy atom. The highest BCUT2D eigenvalue weighted by Gasteiger charge is 2.17. The maximum Gasteiger partial charge on any atom is 0.328 e. The van der Waals surface area contributed by atoms with Gasteiger partial charge < -0.3 is 9.30 Å². The van der Waals surface area contributed by atoms with Crippen LogP contribution in [0.25, 0.3) is 10.9 Å². The summed E-state index contributed by atoms with van der Waals surface area (Å²) in [5.74, 6) is -0.280. The highest BCUT2D eigenvalue weighted by Crippen LogP contribution is 2.27. The van der Waals surface area contributed by atoms with Crippen LogP contribution in [0, 0.1) is 0 Å². The van der Waals surface area contributed by atoms with Crippen molar-refractivity contribution >= 4 is 28.5 Å². The molecule has 1 aromatic carbocycles. The molecule has 84 valence electrons. The van der Waals surface area contributed by atoms with Crippen LogP contribution < -0.4 is 0 Å². The molecule has 1 aromatic heterocycles. The van der Waals surface area contributed by atoms with Crippen LogP contribution in [0.2, 0.25) is 5.02 Å². The highest BCUT2D eigenvalue weighted by atomic mass is 35.5. The van der Waals surface area contributed by atoms with E-state index in [0.29, 0.717) is 5.02 Å². The molecule has 0 amide bonds. The second-order valence-corrected chi connectivity index (χ2v) is 4.01. The van der Waals surface area contributed by atoms with E-state index in [2.05, 4.69) is 0 Å². The molecule has 0 radical (unpaired) electrons. The monoisotopic (exact) mass is 237 g/mol. The van der Waals surface area contributed by atoms with Crippen LogP contribution in [0.4, 0.5) is 0 Å². The van der Waals surface area contributed by atoms with E-state index in [9.17, 15) is 4.79 Å². The number of hydrogen-bond donors (Lipinski definition) is 0. The summed E-state index contributed by atoms with van der Waals surface area (Å²) in [7, 11) is 1.38. The Labute approximate surface area is 98.6 Å². The predicted octanol–water partition coefficient (Wildman–Crippen LogP) is 3.03. The molecule has 3 nitrogen and oxygen atoms in total. The number of rotatable bonds is 2. The van der Waals surface area contributed by atoms with Gasteiger partial charge in [-0.1, -0.05) is 23.7 Å². The standard InChI is InChI=1S/C12H12ClNO2/c1-8(12(15)16-2)14-7-6-9-4-3-5-10(13)11(9)14/h3-8H,1-2H3. The molecule has 0 saturated heterocycles. The lowest BCUT2D eigenvalue weighted by Gasteiger charge is -2.13. The summed E-state index contributed by atoms with van der Waals surface area (Å²) in [5.41, 5.74) is 0.863. The minimum absolute atomic E-state index is 0.280. The van der Waals surface area contributed by atoms with Gasteiger partial charge in [0.05, 0.1) is 17.6 Å². The summed E-state index contributed by atoms with van der Waals surface area (Å²) in [6.07, 6.45) is 1.85. The van der Waals surface area contributed by atoms with Gasteiger partial charge in [0.2, 0.25) is 0 Å². The molecule has 0 aliphatic carbocycles. The van der Waals surface area contributed by atoms with Crippen LogP contribution in [-0.4, -0.2) is 17.6 Å². The first kappa shape index (κ1) is 11.0. The lowest BCUT2D eigenvalue weighted by molar-refractivity contribution is -0.143. The van der Waals surface area contributed by atoms with Crippen LogP contribution in [0.1, 0.15) is 13.0 Å². The summed E-state index contributed by atoms with van der Waals surface area (Å²) >= 11 is 6.12. The Morgan fingerprint density at radius 1 is 1.44 bits per heavy atom. The number of para-hydroxylation sites is 1. The van der Waals surface area contributed by atoms with Gasteiger partial charge in [-0.25, -0.2) is 4.79 Å². The molecule has 16 heavy (non-hydrogen) atoms. The summed E-state index contributed by atoms with van der Waals surface area (Å²) < 4.78 is 6.54. The SMILES string of the molecule is COC(=O)C(C)n1ccc2cccc(Cl)c21. The van der Waals surface area contributed by atoms with Gasteiger partial charge in [-0.3, -0.25) is 0 Å². The maximum absolute atomic E-state index is 11.5. The van der Waals surface area contributed by atoms with Crippen LogP contribution in [0.3, 0.4) is 0 Å². The number of fused-ring (bicyclic) bond motifs is 1. The molecule has 0 fully saturated rings. The van der Waals surface area contributed by atoms with E-state index in [0.717, 1.165) is 10.9 Å². The molecule has 0 saturated carbocycles. The maximum atomic E-state index is 11.5. The van der Waals surface area contributed by atoms with Crippen molar-refractivity contribution in [3.63, 3.8) is 0 Å². The molecule has 1 atom stereocenters. The second kappa shape index (κ2) is 4.18. The zero-order chi connectivity index (χ0) is 11.7. The zero-order valence-corrected chi connectivity index (χ0v) is 9.86. The molecule has 0 N–H and O–H groups in total. The van der Waals surface area contributed by atoms with E-state index in [4.69, 9.17) is 16.3 Å². The van der Waals surface area contributed by atoms with Crippen LogP contribution >= 0.6 is 11.6 Å². The van der Waals surface area contributed by atoms with Gasteiger partial charge in [0.1, 0.15) is 6.04 Å². The first-order chi connectivity index (χ1) is 7.65. The third kappa shape index (κ3) is 1.67. The Balaban J connectivity index is 2.57. The van der Waals surface area contributed by atoms with E-state index in [1.165, 1.54) is 7.11 Å². The van der Waals surface area contributed by atoms with E-state index in [1.54, 1.807) is 6.92 Å². The minimum Gasteiger partial charge on any atom is -0.467 e. The number of hydrogen-bond acceptors (Lipinski definition) is 2. The fourth-order valence-corrected chi connectivity index (χ4v) is 2.06. The number of halogens is 1. The fourth-order valence-electron chi connectivity index (χ4n) is 1.78. The third-order valence-corrected chi connectivity index (χ3v) is 2.96. The van der Waals surface area contributed by atoms with Gasteiger partial charge in [0.25, 0.3) is 0 Å². The van der Waals surface area contributed by atoms with Crippen molar-refractivity contribution in [1.82, 2.24) is 4.57 Å². The number of carbonyl (C=O) groups excluding carboxylic acids is 1. The van der Waals surface area contributed by atoms with Gasteiger partial charge in [-0.05, 0) is 19.1 Å². The lowest BCUT2D eigenvalue weighted by Crippen LogP contribution is -2.16. The molecule has 1 unspecified atom stereocenters. The number of methoxy groups -OCH3 is 1. The Hall–Kier alpha value is -1.48.